The van der Waals surface area contributed by atoms with Crippen LogP contribution in [0.5, 0.6) is 5.75 Å². The summed E-state index contributed by atoms with van der Waals surface area (Å²) in [5.41, 5.74) is 1.80. The summed E-state index contributed by atoms with van der Waals surface area (Å²) in [5.74, 6) is 0.314. The Labute approximate surface area is 170 Å². The standard InChI is InChI=1S/C20H25N5O3S/c1-15-13-22-25(14-15)17-6-4-16(5-7-17)23-29(26,27)20-12-18(8-9-19(20)28-2)24-11-3-10-21-24/h3,8-14,16-17,23H,4-7H2,1-2H3. The molecular formula is C20H25N5O3S. The van der Waals surface area contributed by atoms with Gasteiger partial charge in [-0.05, 0) is 62.4 Å². The monoisotopic (exact) mass is 415 g/mol. The summed E-state index contributed by atoms with van der Waals surface area (Å²) in [5, 5.41) is 8.57. The van der Waals surface area contributed by atoms with E-state index in [4.69, 9.17) is 4.74 Å². The minimum atomic E-state index is -3.73. The van der Waals surface area contributed by atoms with E-state index >= 15 is 0 Å². The fraction of sp³-hybridized carbons (Fsp3) is 0.400. The second-order valence-electron chi connectivity index (χ2n) is 7.41. The maximum atomic E-state index is 13.1. The fourth-order valence-corrected chi connectivity index (χ4v) is 5.31. The van der Waals surface area contributed by atoms with E-state index in [1.54, 1.807) is 41.3 Å². The second kappa shape index (κ2) is 8.00. The van der Waals surface area contributed by atoms with Gasteiger partial charge >= 0.3 is 0 Å². The molecule has 1 saturated carbocycles. The summed E-state index contributed by atoms with van der Waals surface area (Å²) < 4.78 is 38.0. The number of hydrogen-bond acceptors (Lipinski definition) is 5. The van der Waals surface area contributed by atoms with E-state index in [9.17, 15) is 8.42 Å². The molecule has 4 rings (SSSR count). The molecule has 2 aromatic heterocycles. The van der Waals surface area contributed by atoms with Crippen molar-refractivity contribution >= 4 is 10.0 Å². The van der Waals surface area contributed by atoms with Crippen molar-refractivity contribution in [3.63, 3.8) is 0 Å². The molecule has 0 unspecified atom stereocenters. The van der Waals surface area contributed by atoms with Gasteiger partial charge in [0.05, 0.1) is 25.0 Å². The van der Waals surface area contributed by atoms with E-state index in [-0.39, 0.29) is 10.9 Å². The highest BCUT2D eigenvalue weighted by Gasteiger charge is 2.28. The van der Waals surface area contributed by atoms with Gasteiger partial charge in [0.2, 0.25) is 10.0 Å². The fourth-order valence-electron chi connectivity index (χ4n) is 3.81. The van der Waals surface area contributed by atoms with Gasteiger partial charge in [0.25, 0.3) is 0 Å². The Morgan fingerprint density at radius 1 is 1.17 bits per heavy atom. The number of nitrogens with zero attached hydrogens (tertiary/aromatic N) is 4. The first-order valence-electron chi connectivity index (χ1n) is 9.67. The number of aryl methyl sites for hydroxylation is 1. The Morgan fingerprint density at radius 2 is 1.97 bits per heavy atom. The summed E-state index contributed by atoms with van der Waals surface area (Å²) in [7, 11) is -2.26. The van der Waals surface area contributed by atoms with E-state index < -0.39 is 10.0 Å². The van der Waals surface area contributed by atoms with E-state index in [1.807, 2.05) is 24.0 Å². The lowest BCUT2D eigenvalue weighted by atomic mass is 9.92. The van der Waals surface area contributed by atoms with Crippen LogP contribution in [-0.2, 0) is 10.0 Å². The number of methoxy groups -OCH3 is 1. The van der Waals surface area contributed by atoms with Crippen molar-refractivity contribution in [2.24, 2.45) is 0 Å². The van der Waals surface area contributed by atoms with Crippen LogP contribution in [0.15, 0.2) is 53.9 Å². The molecule has 1 aromatic carbocycles. The van der Waals surface area contributed by atoms with Gasteiger partial charge < -0.3 is 4.74 Å². The molecular weight excluding hydrogens is 390 g/mol. The molecule has 0 amide bonds. The molecule has 8 nitrogen and oxygen atoms in total. The predicted octanol–water partition coefficient (Wildman–Crippen LogP) is 2.85. The van der Waals surface area contributed by atoms with Crippen molar-refractivity contribution in [2.45, 2.75) is 49.6 Å². The average Bonchev–Trinajstić information content (AvgIpc) is 3.40. The second-order valence-corrected chi connectivity index (χ2v) is 9.09. The number of ether oxygens (including phenoxy) is 1. The highest BCUT2D eigenvalue weighted by Crippen LogP contribution is 2.31. The lowest BCUT2D eigenvalue weighted by Gasteiger charge is -2.29. The van der Waals surface area contributed by atoms with Crippen LogP contribution in [0.4, 0.5) is 0 Å². The Hall–Kier alpha value is -2.65. The Balaban J connectivity index is 1.50. The molecule has 3 aromatic rings. The van der Waals surface area contributed by atoms with Crippen LogP contribution < -0.4 is 9.46 Å². The van der Waals surface area contributed by atoms with Gasteiger partial charge in [0.1, 0.15) is 10.6 Å². The van der Waals surface area contributed by atoms with Crippen molar-refractivity contribution in [3.05, 3.63) is 54.6 Å². The van der Waals surface area contributed by atoms with Gasteiger partial charge in [-0.3, -0.25) is 4.68 Å². The van der Waals surface area contributed by atoms with Gasteiger partial charge in [0, 0.05) is 24.6 Å². The third-order valence-corrected chi connectivity index (χ3v) is 6.87. The summed E-state index contributed by atoms with van der Waals surface area (Å²) >= 11 is 0. The van der Waals surface area contributed by atoms with Gasteiger partial charge in [-0.15, -0.1) is 0 Å². The van der Waals surface area contributed by atoms with Crippen LogP contribution in [-0.4, -0.2) is 41.1 Å². The van der Waals surface area contributed by atoms with Crippen LogP contribution in [0.1, 0.15) is 37.3 Å². The zero-order valence-electron chi connectivity index (χ0n) is 16.5. The van der Waals surface area contributed by atoms with Gasteiger partial charge in [-0.1, -0.05) is 0 Å². The van der Waals surface area contributed by atoms with Gasteiger partial charge in [0.15, 0.2) is 0 Å². The van der Waals surface area contributed by atoms with Crippen LogP contribution in [0.2, 0.25) is 0 Å². The molecule has 1 aliphatic rings. The molecule has 0 saturated heterocycles. The molecule has 2 heterocycles. The van der Waals surface area contributed by atoms with Crippen LogP contribution in [0.3, 0.4) is 0 Å². The topological polar surface area (TPSA) is 91.0 Å². The third-order valence-electron chi connectivity index (χ3n) is 5.33. The highest BCUT2D eigenvalue weighted by atomic mass is 32.2. The first-order chi connectivity index (χ1) is 14.0. The number of hydrogen-bond donors (Lipinski definition) is 1. The molecule has 154 valence electrons. The van der Waals surface area contributed by atoms with Crippen molar-refractivity contribution in [3.8, 4) is 11.4 Å². The van der Waals surface area contributed by atoms with Crippen LogP contribution >= 0.6 is 0 Å². The molecule has 0 atom stereocenters. The normalized spacial score (nSPS) is 19.9. The molecule has 9 heteroatoms. The zero-order valence-corrected chi connectivity index (χ0v) is 17.3. The van der Waals surface area contributed by atoms with E-state index in [0.717, 1.165) is 31.2 Å². The van der Waals surface area contributed by atoms with E-state index in [2.05, 4.69) is 14.9 Å². The Morgan fingerprint density at radius 3 is 2.59 bits per heavy atom. The van der Waals surface area contributed by atoms with Crippen LogP contribution in [0, 0.1) is 6.92 Å². The first-order valence-corrected chi connectivity index (χ1v) is 11.2. The smallest absolute Gasteiger partial charge is 0.244 e. The molecule has 1 fully saturated rings. The molecule has 1 N–H and O–H groups in total. The maximum Gasteiger partial charge on any atom is 0.244 e. The molecule has 1 aliphatic carbocycles. The number of aromatic nitrogens is 4. The zero-order chi connectivity index (χ0) is 20.4. The third kappa shape index (κ3) is 4.20. The number of nitrogens with one attached hydrogen (secondary N) is 1. The molecule has 0 bridgehead atoms. The maximum absolute atomic E-state index is 13.1. The van der Waals surface area contributed by atoms with E-state index in [0.29, 0.717) is 17.5 Å². The average molecular weight is 416 g/mol. The molecule has 0 spiro atoms. The van der Waals surface area contributed by atoms with Crippen molar-refractivity contribution in [2.75, 3.05) is 7.11 Å². The Kier molecular flexibility index (Phi) is 5.42. The summed E-state index contributed by atoms with van der Waals surface area (Å²) in [6.45, 7) is 2.02. The van der Waals surface area contributed by atoms with E-state index in [1.165, 1.54) is 7.11 Å². The van der Waals surface area contributed by atoms with Crippen molar-refractivity contribution < 1.29 is 13.2 Å². The van der Waals surface area contributed by atoms with Gasteiger partial charge in [-0.2, -0.15) is 10.2 Å². The predicted molar refractivity (Wildman–Crippen MR) is 109 cm³/mol. The van der Waals surface area contributed by atoms with Crippen LogP contribution in [0.25, 0.3) is 5.69 Å². The largest absolute Gasteiger partial charge is 0.495 e. The summed E-state index contributed by atoms with van der Waals surface area (Å²) in [4.78, 5) is 0.123. The first kappa shape index (κ1) is 19.7. The quantitative estimate of drug-likeness (QED) is 0.668. The molecule has 0 radical (unpaired) electrons. The minimum absolute atomic E-state index is 0.106. The molecule has 0 aliphatic heterocycles. The number of rotatable bonds is 6. The number of benzene rings is 1. The minimum Gasteiger partial charge on any atom is -0.495 e. The summed E-state index contributed by atoms with van der Waals surface area (Å²) in [6, 6.07) is 7.03. The lowest BCUT2D eigenvalue weighted by molar-refractivity contribution is 0.293. The van der Waals surface area contributed by atoms with Gasteiger partial charge in [-0.25, -0.2) is 17.8 Å². The summed E-state index contributed by atoms with van der Waals surface area (Å²) in [6.07, 6.45) is 10.6. The number of sulfonamides is 1. The highest BCUT2D eigenvalue weighted by molar-refractivity contribution is 7.89. The van der Waals surface area contributed by atoms with Crippen molar-refractivity contribution in [1.82, 2.24) is 24.3 Å². The SMILES string of the molecule is COc1ccc(-n2cccn2)cc1S(=O)(=O)NC1CCC(n2cc(C)cn2)CC1. The Bertz CT molecular complexity index is 1070. The lowest BCUT2D eigenvalue weighted by Crippen LogP contribution is -2.38. The molecule has 29 heavy (non-hydrogen) atoms. The van der Waals surface area contributed by atoms with Crippen molar-refractivity contribution in [1.29, 1.82) is 0 Å².